The summed E-state index contributed by atoms with van der Waals surface area (Å²) in [6.45, 7) is 1.81. The molecule has 3 rings (SSSR count). The number of aromatic nitrogens is 3. The Labute approximate surface area is 139 Å². The number of hydrogen-bond acceptors (Lipinski definition) is 5. The third-order valence-electron chi connectivity index (χ3n) is 3.64. The molecule has 0 saturated carbocycles. The van der Waals surface area contributed by atoms with Crippen molar-refractivity contribution in [3.05, 3.63) is 47.8 Å². The van der Waals surface area contributed by atoms with Gasteiger partial charge >= 0.3 is 0 Å². The molecule has 0 radical (unpaired) electrons. The largest absolute Gasteiger partial charge is 0.280 e. The van der Waals surface area contributed by atoms with Crippen LogP contribution >= 0.6 is 0 Å². The van der Waals surface area contributed by atoms with E-state index in [9.17, 15) is 8.42 Å². The van der Waals surface area contributed by atoms with Crippen molar-refractivity contribution < 1.29 is 8.42 Å². The third kappa shape index (κ3) is 2.94. The van der Waals surface area contributed by atoms with E-state index in [0.29, 0.717) is 16.7 Å². The first-order chi connectivity index (χ1) is 11.4. The summed E-state index contributed by atoms with van der Waals surface area (Å²) in [7, 11) is -1.99. The Bertz CT molecular complexity index is 1050. The minimum atomic E-state index is -3.75. The number of hydrogen-bond donors (Lipinski definition) is 1. The van der Waals surface area contributed by atoms with Gasteiger partial charge in [-0.1, -0.05) is 12.1 Å². The average Bonchev–Trinajstić information content (AvgIpc) is 2.84. The normalized spacial score (nSPS) is 11.4. The summed E-state index contributed by atoms with van der Waals surface area (Å²) in [4.78, 5) is 4.27. The van der Waals surface area contributed by atoms with E-state index in [2.05, 4.69) is 14.8 Å². The van der Waals surface area contributed by atoms with E-state index in [-0.39, 0.29) is 11.3 Å². The summed E-state index contributed by atoms with van der Waals surface area (Å²) < 4.78 is 29.2. The maximum Gasteiger partial charge on any atom is 0.263 e. The van der Waals surface area contributed by atoms with E-state index >= 15 is 0 Å². The molecule has 122 valence electrons. The highest BCUT2D eigenvalue weighted by atomic mass is 32.2. The predicted molar refractivity (Wildman–Crippen MR) is 89.8 cm³/mol. The molecule has 0 aliphatic carbocycles. The number of aryl methyl sites for hydroxylation is 2. The van der Waals surface area contributed by atoms with Crippen LogP contribution in [0.3, 0.4) is 0 Å². The van der Waals surface area contributed by atoms with Gasteiger partial charge in [0, 0.05) is 24.3 Å². The van der Waals surface area contributed by atoms with Crippen molar-refractivity contribution in [3.63, 3.8) is 0 Å². The van der Waals surface area contributed by atoms with E-state index in [1.165, 1.54) is 6.20 Å². The van der Waals surface area contributed by atoms with Gasteiger partial charge < -0.3 is 0 Å². The molecule has 0 fully saturated rings. The predicted octanol–water partition coefficient (Wildman–Crippen LogP) is 2.14. The Morgan fingerprint density at radius 1 is 1.29 bits per heavy atom. The SMILES string of the molecule is Cc1nn(C)c2ncc(S(=O)(=O)Nc3ccc(CC#N)cc3)cc12. The maximum absolute atomic E-state index is 12.5. The Morgan fingerprint density at radius 2 is 2.00 bits per heavy atom. The summed E-state index contributed by atoms with van der Waals surface area (Å²) in [5.74, 6) is 0. The summed E-state index contributed by atoms with van der Waals surface area (Å²) >= 11 is 0. The Hall–Kier alpha value is -2.92. The number of fused-ring (bicyclic) bond motifs is 1. The van der Waals surface area contributed by atoms with E-state index in [0.717, 1.165) is 11.3 Å². The molecule has 2 aromatic heterocycles. The molecule has 0 unspecified atom stereocenters. The third-order valence-corrected chi connectivity index (χ3v) is 4.99. The lowest BCUT2D eigenvalue weighted by Crippen LogP contribution is -2.13. The highest BCUT2D eigenvalue weighted by Crippen LogP contribution is 2.21. The topological polar surface area (TPSA) is 101 Å². The van der Waals surface area contributed by atoms with Crippen LogP contribution < -0.4 is 4.72 Å². The lowest BCUT2D eigenvalue weighted by molar-refractivity contribution is 0.601. The Balaban J connectivity index is 1.93. The highest BCUT2D eigenvalue weighted by Gasteiger charge is 2.17. The van der Waals surface area contributed by atoms with Crippen molar-refractivity contribution >= 4 is 26.7 Å². The van der Waals surface area contributed by atoms with Crippen molar-refractivity contribution in [2.24, 2.45) is 7.05 Å². The van der Waals surface area contributed by atoms with Gasteiger partial charge in [-0.15, -0.1) is 0 Å². The van der Waals surface area contributed by atoms with Crippen molar-refractivity contribution in [2.75, 3.05) is 4.72 Å². The van der Waals surface area contributed by atoms with Crippen LogP contribution in [0.2, 0.25) is 0 Å². The maximum atomic E-state index is 12.5. The number of nitrogens with one attached hydrogen (secondary N) is 1. The van der Waals surface area contributed by atoms with Gasteiger partial charge in [0.2, 0.25) is 0 Å². The van der Waals surface area contributed by atoms with Gasteiger partial charge in [0.15, 0.2) is 5.65 Å². The monoisotopic (exact) mass is 341 g/mol. The molecule has 0 bridgehead atoms. The van der Waals surface area contributed by atoms with E-state index in [4.69, 9.17) is 5.26 Å². The average molecular weight is 341 g/mol. The molecule has 1 aromatic carbocycles. The van der Waals surface area contributed by atoms with Crippen molar-refractivity contribution in [3.8, 4) is 6.07 Å². The Morgan fingerprint density at radius 3 is 2.67 bits per heavy atom. The molecule has 24 heavy (non-hydrogen) atoms. The first kappa shape index (κ1) is 16.0. The fourth-order valence-electron chi connectivity index (χ4n) is 2.43. The van der Waals surface area contributed by atoms with Crippen LogP contribution in [-0.2, 0) is 23.5 Å². The van der Waals surface area contributed by atoms with E-state index < -0.39 is 10.0 Å². The first-order valence-electron chi connectivity index (χ1n) is 7.19. The molecule has 0 aliphatic rings. The zero-order valence-corrected chi connectivity index (χ0v) is 14.0. The number of rotatable bonds is 4. The molecule has 1 N–H and O–H groups in total. The number of nitriles is 1. The molecule has 7 nitrogen and oxygen atoms in total. The molecule has 0 amide bonds. The fourth-order valence-corrected chi connectivity index (χ4v) is 3.46. The minimum Gasteiger partial charge on any atom is -0.280 e. The molecular weight excluding hydrogens is 326 g/mol. The molecule has 3 aromatic rings. The quantitative estimate of drug-likeness (QED) is 0.783. The summed E-state index contributed by atoms with van der Waals surface area (Å²) in [6, 6.07) is 10.3. The van der Waals surface area contributed by atoms with Gasteiger partial charge in [-0.3, -0.25) is 9.40 Å². The second-order valence-corrected chi connectivity index (χ2v) is 7.07. The second kappa shape index (κ2) is 5.94. The summed E-state index contributed by atoms with van der Waals surface area (Å²) in [5, 5.41) is 13.6. The minimum absolute atomic E-state index is 0.0761. The molecule has 8 heteroatoms. The number of benzene rings is 1. The lowest BCUT2D eigenvalue weighted by atomic mass is 10.1. The highest BCUT2D eigenvalue weighted by molar-refractivity contribution is 7.92. The number of sulfonamides is 1. The Kier molecular flexibility index (Phi) is 3.95. The van der Waals surface area contributed by atoms with Crippen molar-refractivity contribution in [1.82, 2.24) is 14.8 Å². The zero-order chi connectivity index (χ0) is 17.3. The van der Waals surface area contributed by atoms with Crippen LogP contribution in [-0.4, -0.2) is 23.2 Å². The molecule has 0 spiro atoms. The van der Waals surface area contributed by atoms with Gasteiger partial charge in [0.1, 0.15) is 4.90 Å². The van der Waals surface area contributed by atoms with Gasteiger partial charge in [-0.2, -0.15) is 10.4 Å². The molecule has 2 heterocycles. The van der Waals surface area contributed by atoms with Crippen LogP contribution in [0.25, 0.3) is 11.0 Å². The number of anilines is 1. The zero-order valence-electron chi connectivity index (χ0n) is 13.2. The van der Waals surface area contributed by atoms with E-state index in [1.807, 2.05) is 13.0 Å². The number of nitrogens with zero attached hydrogens (tertiary/aromatic N) is 4. The van der Waals surface area contributed by atoms with Gasteiger partial charge in [-0.05, 0) is 30.7 Å². The molecular formula is C16H15N5O2S. The van der Waals surface area contributed by atoms with Crippen LogP contribution in [0.5, 0.6) is 0 Å². The van der Waals surface area contributed by atoms with E-state index in [1.54, 1.807) is 42.1 Å². The standard InChI is InChI=1S/C16H15N5O2S/c1-11-15-9-14(10-18-16(15)21(2)19-11)24(22,23)20-13-5-3-12(4-6-13)7-8-17/h3-6,9-10,20H,7H2,1-2H3. The van der Waals surface area contributed by atoms with Gasteiger partial charge in [0.25, 0.3) is 10.0 Å². The number of pyridine rings is 1. The molecule has 0 saturated heterocycles. The van der Waals surface area contributed by atoms with Gasteiger partial charge in [-0.25, -0.2) is 13.4 Å². The van der Waals surface area contributed by atoms with Crippen LogP contribution in [0.1, 0.15) is 11.3 Å². The summed E-state index contributed by atoms with van der Waals surface area (Å²) in [5.41, 5.74) is 2.61. The van der Waals surface area contributed by atoms with Crippen molar-refractivity contribution in [1.29, 1.82) is 5.26 Å². The lowest BCUT2D eigenvalue weighted by Gasteiger charge is -2.08. The van der Waals surface area contributed by atoms with Gasteiger partial charge in [0.05, 0.1) is 18.2 Å². The second-order valence-electron chi connectivity index (χ2n) is 5.39. The smallest absolute Gasteiger partial charge is 0.263 e. The molecule has 0 atom stereocenters. The fraction of sp³-hybridized carbons (Fsp3) is 0.188. The molecule has 0 aliphatic heterocycles. The summed E-state index contributed by atoms with van der Waals surface area (Å²) in [6.07, 6.45) is 1.60. The van der Waals surface area contributed by atoms with Crippen molar-refractivity contribution in [2.45, 2.75) is 18.2 Å². The first-order valence-corrected chi connectivity index (χ1v) is 8.67. The van der Waals surface area contributed by atoms with Crippen LogP contribution in [0.4, 0.5) is 5.69 Å². The van der Waals surface area contributed by atoms with Crippen LogP contribution in [0, 0.1) is 18.3 Å². The van der Waals surface area contributed by atoms with Crippen LogP contribution in [0.15, 0.2) is 41.4 Å².